The molecule has 1 heterocycles. The number of nitrogens with two attached hydrogens (primary N) is 1. The quantitative estimate of drug-likeness (QED) is 0.554. The van der Waals surface area contributed by atoms with Crippen molar-refractivity contribution in [2.75, 3.05) is 34.2 Å². The van der Waals surface area contributed by atoms with Crippen LogP contribution in [0.15, 0.2) is 39.5 Å². The topological polar surface area (TPSA) is 93.2 Å². The molecular weight excluding hydrogens is 338 g/mol. The van der Waals surface area contributed by atoms with Gasteiger partial charge in [-0.25, -0.2) is 4.79 Å². The van der Waals surface area contributed by atoms with Crippen molar-refractivity contribution in [3.8, 4) is 34.1 Å². The summed E-state index contributed by atoms with van der Waals surface area (Å²) in [6, 6.07) is 8.41. The summed E-state index contributed by atoms with van der Waals surface area (Å²) in [5, 5.41) is 0.628. The molecule has 26 heavy (non-hydrogen) atoms. The molecule has 0 bridgehead atoms. The number of ether oxygens (including phenoxy) is 4. The Morgan fingerprint density at radius 1 is 0.846 bits per heavy atom. The Hall–Kier alpha value is -3.35. The normalized spacial score (nSPS) is 10.6. The van der Waals surface area contributed by atoms with Crippen LogP contribution >= 0.6 is 0 Å². The van der Waals surface area contributed by atoms with E-state index in [0.29, 0.717) is 33.9 Å². The largest absolute Gasteiger partial charge is 0.495 e. The van der Waals surface area contributed by atoms with Gasteiger partial charge in [-0.15, -0.1) is 0 Å². The van der Waals surface area contributed by atoms with E-state index in [0.717, 1.165) is 5.56 Å². The van der Waals surface area contributed by atoms with E-state index in [1.165, 1.54) is 27.4 Å². The third-order valence-corrected chi connectivity index (χ3v) is 4.08. The van der Waals surface area contributed by atoms with Crippen LogP contribution in [0.3, 0.4) is 0 Å². The Balaban J connectivity index is 2.39. The van der Waals surface area contributed by atoms with Crippen molar-refractivity contribution in [3.05, 3.63) is 40.8 Å². The van der Waals surface area contributed by atoms with Gasteiger partial charge < -0.3 is 29.1 Å². The predicted molar refractivity (Wildman–Crippen MR) is 98.5 cm³/mol. The van der Waals surface area contributed by atoms with E-state index in [9.17, 15) is 4.79 Å². The zero-order valence-electron chi connectivity index (χ0n) is 14.9. The average Bonchev–Trinajstić information content (AvgIpc) is 2.65. The lowest BCUT2D eigenvalue weighted by atomic mass is 10.0. The van der Waals surface area contributed by atoms with Gasteiger partial charge in [0.25, 0.3) is 0 Å². The summed E-state index contributed by atoms with van der Waals surface area (Å²) < 4.78 is 26.7. The second-order valence-corrected chi connectivity index (χ2v) is 5.46. The average molecular weight is 357 g/mol. The minimum Gasteiger partial charge on any atom is -0.495 e. The van der Waals surface area contributed by atoms with Crippen LogP contribution in [0.25, 0.3) is 22.1 Å². The van der Waals surface area contributed by atoms with Crippen LogP contribution in [0.5, 0.6) is 23.0 Å². The predicted octanol–water partition coefficient (Wildman–Crippen LogP) is 3.08. The maximum atomic E-state index is 12.2. The van der Waals surface area contributed by atoms with Crippen LogP contribution in [0.2, 0.25) is 0 Å². The third kappa shape index (κ3) is 2.77. The Kier molecular flexibility index (Phi) is 4.62. The first-order valence-electron chi connectivity index (χ1n) is 7.74. The smallest absolute Gasteiger partial charge is 0.336 e. The van der Waals surface area contributed by atoms with Gasteiger partial charge in [-0.3, -0.25) is 0 Å². The molecule has 0 aliphatic rings. The van der Waals surface area contributed by atoms with Crippen LogP contribution < -0.4 is 30.3 Å². The van der Waals surface area contributed by atoms with E-state index in [4.69, 9.17) is 29.1 Å². The highest BCUT2D eigenvalue weighted by Crippen LogP contribution is 2.45. The molecule has 0 spiro atoms. The highest BCUT2D eigenvalue weighted by atomic mass is 16.5. The van der Waals surface area contributed by atoms with Crippen LogP contribution in [0, 0.1) is 0 Å². The molecule has 0 aliphatic carbocycles. The summed E-state index contributed by atoms with van der Waals surface area (Å²) in [5.41, 5.74) is 7.58. The number of hydrogen-bond donors (Lipinski definition) is 1. The molecule has 0 saturated heterocycles. The van der Waals surface area contributed by atoms with Crippen molar-refractivity contribution < 1.29 is 23.4 Å². The molecule has 0 unspecified atom stereocenters. The van der Waals surface area contributed by atoms with E-state index < -0.39 is 5.63 Å². The van der Waals surface area contributed by atoms with Gasteiger partial charge >= 0.3 is 5.63 Å². The molecule has 0 aliphatic heterocycles. The highest BCUT2D eigenvalue weighted by molar-refractivity contribution is 5.99. The molecule has 3 rings (SSSR count). The van der Waals surface area contributed by atoms with Gasteiger partial charge in [0.2, 0.25) is 11.5 Å². The third-order valence-electron chi connectivity index (χ3n) is 4.08. The fourth-order valence-corrected chi connectivity index (χ4v) is 2.90. The highest BCUT2D eigenvalue weighted by Gasteiger charge is 2.21. The Morgan fingerprint density at radius 2 is 1.54 bits per heavy atom. The van der Waals surface area contributed by atoms with Gasteiger partial charge in [-0.2, -0.15) is 0 Å². The standard InChI is InChI=1S/C19H19NO6/c1-22-14-6-5-10(7-13(14)20)11-9-16(21)26-17-12(11)8-15(23-2)18(24-3)19(17)25-4/h5-9H,20H2,1-4H3. The summed E-state index contributed by atoms with van der Waals surface area (Å²) >= 11 is 0. The lowest BCUT2D eigenvalue weighted by Gasteiger charge is -2.15. The SMILES string of the molecule is COc1ccc(-c2cc(=O)oc3c(OC)c(OC)c(OC)cc23)cc1N. The molecule has 0 radical (unpaired) electrons. The fraction of sp³-hybridized carbons (Fsp3) is 0.211. The molecule has 0 atom stereocenters. The number of rotatable bonds is 5. The summed E-state index contributed by atoms with van der Waals surface area (Å²) in [7, 11) is 6.01. The van der Waals surface area contributed by atoms with Gasteiger partial charge in [0.1, 0.15) is 5.75 Å². The number of anilines is 1. The number of fused-ring (bicyclic) bond motifs is 1. The number of benzene rings is 2. The van der Waals surface area contributed by atoms with Gasteiger partial charge in [0.05, 0.1) is 34.1 Å². The molecule has 2 N–H and O–H groups in total. The first kappa shape index (κ1) is 17.5. The monoisotopic (exact) mass is 357 g/mol. The van der Waals surface area contributed by atoms with Crippen LogP contribution in [0.4, 0.5) is 5.69 Å². The Labute approximate surface area is 149 Å². The van der Waals surface area contributed by atoms with Gasteiger partial charge in [-0.1, -0.05) is 6.07 Å². The fourth-order valence-electron chi connectivity index (χ4n) is 2.90. The number of hydrogen-bond acceptors (Lipinski definition) is 7. The van der Waals surface area contributed by atoms with Crippen LogP contribution in [0.1, 0.15) is 0 Å². The molecule has 2 aromatic carbocycles. The van der Waals surface area contributed by atoms with Crippen molar-refractivity contribution in [3.63, 3.8) is 0 Å². The van der Waals surface area contributed by atoms with E-state index in [1.54, 1.807) is 25.3 Å². The Morgan fingerprint density at radius 3 is 2.12 bits per heavy atom. The van der Waals surface area contributed by atoms with Crippen molar-refractivity contribution in [1.29, 1.82) is 0 Å². The second kappa shape index (κ2) is 6.87. The summed E-state index contributed by atoms with van der Waals surface area (Å²) in [5.74, 6) is 1.63. The molecule has 7 heteroatoms. The Bertz CT molecular complexity index is 1020. The van der Waals surface area contributed by atoms with E-state index >= 15 is 0 Å². The van der Waals surface area contributed by atoms with Gasteiger partial charge in [0, 0.05) is 17.0 Å². The zero-order valence-corrected chi connectivity index (χ0v) is 14.9. The first-order chi connectivity index (χ1) is 12.5. The molecule has 0 saturated carbocycles. The van der Waals surface area contributed by atoms with Crippen LogP contribution in [-0.4, -0.2) is 28.4 Å². The summed E-state index contributed by atoms with van der Waals surface area (Å²) in [6.45, 7) is 0. The van der Waals surface area contributed by atoms with E-state index in [2.05, 4.69) is 0 Å². The summed E-state index contributed by atoms with van der Waals surface area (Å²) in [6.07, 6.45) is 0. The molecular formula is C19H19NO6. The molecule has 3 aromatic rings. The maximum absolute atomic E-state index is 12.2. The molecule has 1 aromatic heterocycles. The number of methoxy groups -OCH3 is 4. The lowest BCUT2D eigenvalue weighted by Crippen LogP contribution is -2.02. The van der Waals surface area contributed by atoms with Crippen molar-refractivity contribution in [2.45, 2.75) is 0 Å². The lowest BCUT2D eigenvalue weighted by molar-refractivity contribution is 0.323. The molecule has 7 nitrogen and oxygen atoms in total. The summed E-state index contributed by atoms with van der Waals surface area (Å²) in [4.78, 5) is 12.2. The van der Waals surface area contributed by atoms with Crippen LogP contribution in [-0.2, 0) is 0 Å². The van der Waals surface area contributed by atoms with Crippen molar-refractivity contribution in [2.24, 2.45) is 0 Å². The van der Waals surface area contributed by atoms with Crippen molar-refractivity contribution >= 4 is 16.7 Å². The minimum absolute atomic E-state index is 0.266. The molecule has 0 amide bonds. The molecule has 0 fully saturated rings. The maximum Gasteiger partial charge on any atom is 0.336 e. The zero-order chi connectivity index (χ0) is 18.8. The van der Waals surface area contributed by atoms with Gasteiger partial charge in [0.15, 0.2) is 11.3 Å². The minimum atomic E-state index is -0.521. The van der Waals surface area contributed by atoms with Crippen molar-refractivity contribution in [1.82, 2.24) is 0 Å². The second-order valence-electron chi connectivity index (χ2n) is 5.46. The number of nitrogen functional groups attached to an aromatic ring is 1. The van der Waals surface area contributed by atoms with E-state index in [1.807, 2.05) is 6.07 Å². The van der Waals surface area contributed by atoms with E-state index in [-0.39, 0.29) is 11.3 Å². The molecule has 136 valence electrons. The first-order valence-corrected chi connectivity index (χ1v) is 7.74. The van der Waals surface area contributed by atoms with Gasteiger partial charge in [-0.05, 0) is 23.8 Å².